The summed E-state index contributed by atoms with van der Waals surface area (Å²) in [5.41, 5.74) is 0.466. The highest BCUT2D eigenvalue weighted by molar-refractivity contribution is 5.93. The molecule has 0 aliphatic carbocycles. The fraction of sp³-hybridized carbons (Fsp3) is 0.100. The van der Waals surface area contributed by atoms with Gasteiger partial charge < -0.3 is 14.5 Å². The molecule has 0 saturated carbocycles. The van der Waals surface area contributed by atoms with Gasteiger partial charge in [0, 0.05) is 30.3 Å². The topological polar surface area (TPSA) is 51.9 Å². The lowest BCUT2D eigenvalue weighted by Crippen LogP contribution is -2.20. The number of fused-ring (bicyclic) bond motifs is 1. The standard InChI is InChI=1S/C20H14F4N4O/c1-27-6-5-12-16(3-2-4-17(12)27)25-20-26-19(29)15(23)10-28(20)9-11-7-13(21)18(24)14(22)8-11/h2-8,10H,9H2,1H3,(H,25,26,29). The minimum atomic E-state index is -1.59. The van der Waals surface area contributed by atoms with Crippen molar-refractivity contribution in [3.8, 4) is 0 Å². The van der Waals surface area contributed by atoms with E-state index in [0.717, 1.165) is 29.2 Å². The Morgan fingerprint density at radius 2 is 1.76 bits per heavy atom. The Morgan fingerprint density at radius 1 is 1.03 bits per heavy atom. The maximum atomic E-state index is 13.8. The van der Waals surface area contributed by atoms with Gasteiger partial charge in [-0.25, -0.2) is 13.2 Å². The number of rotatable bonds is 4. The second-order valence-electron chi connectivity index (χ2n) is 6.51. The lowest BCUT2D eigenvalue weighted by Gasteiger charge is -2.15. The molecule has 0 atom stereocenters. The van der Waals surface area contributed by atoms with Gasteiger partial charge in [-0.1, -0.05) is 6.07 Å². The van der Waals surface area contributed by atoms with Crippen molar-refractivity contribution in [3.63, 3.8) is 0 Å². The molecular formula is C20H14F4N4O. The molecule has 148 valence electrons. The van der Waals surface area contributed by atoms with Gasteiger partial charge in [-0.2, -0.15) is 9.37 Å². The van der Waals surface area contributed by atoms with E-state index in [-0.39, 0.29) is 18.1 Å². The van der Waals surface area contributed by atoms with Crippen LogP contribution in [0.3, 0.4) is 0 Å². The number of benzene rings is 2. The van der Waals surface area contributed by atoms with Gasteiger partial charge in [0.2, 0.25) is 11.8 Å². The summed E-state index contributed by atoms with van der Waals surface area (Å²) in [6.07, 6.45) is 2.73. The molecule has 29 heavy (non-hydrogen) atoms. The van der Waals surface area contributed by atoms with Crippen LogP contribution in [0, 0.1) is 23.3 Å². The summed E-state index contributed by atoms with van der Waals surface area (Å²) in [6.45, 7) is -0.245. The van der Waals surface area contributed by atoms with Gasteiger partial charge in [0.25, 0.3) is 0 Å². The average molecular weight is 402 g/mol. The van der Waals surface area contributed by atoms with E-state index >= 15 is 0 Å². The summed E-state index contributed by atoms with van der Waals surface area (Å²) in [6, 6.07) is 8.90. The molecule has 0 radical (unpaired) electrons. The molecule has 4 aromatic rings. The Bertz CT molecular complexity index is 1270. The summed E-state index contributed by atoms with van der Waals surface area (Å²) in [7, 11) is 1.87. The number of anilines is 2. The van der Waals surface area contributed by atoms with E-state index in [1.807, 2.05) is 29.9 Å². The zero-order chi connectivity index (χ0) is 20.7. The van der Waals surface area contributed by atoms with E-state index in [9.17, 15) is 22.4 Å². The Kier molecular flexibility index (Phi) is 4.57. The second-order valence-corrected chi connectivity index (χ2v) is 6.51. The van der Waals surface area contributed by atoms with E-state index in [1.54, 1.807) is 12.1 Å². The van der Waals surface area contributed by atoms with Crippen LogP contribution >= 0.6 is 0 Å². The van der Waals surface area contributed by atoms with Crippen molar-refractivity contribution >= 4 is 22.5 Å². The maximum absolute atomic E-state index is 13.8. The number of hydrogen-bond acceptors (Lipinski definition) is 3. The molecule has 0 amide bonds. The van der Waals surface area contributed by atoms with Crippen LogP contribution < -0.4 is 10.9 Å². The quantitative estimate of drug-likeness (QED) is 0.413. The summed E-state index contributed by atoms with van der Waals surface area (Å²) in [5.74, 6) is -5.47. The summed E-state index contributed by atoms with van der Waals surface area (Å²) in [5, 5.41) is 3.80. The number of halogens is 4. The van der Waals surface area contributed by atoms with Gasteiger partial charge in [0.05, 0.1) is 12.2 Å². The highest BCUT2D eigenvalue weighted by Gasteiger charge is 2.14. The highest BCUT2D eigenvalue weighted by atomic mass is 19.2. The van der Waals surface area contributed by atoms with Gasteiger partial charge in [-0.3, -0.25) is 4.79 Å². The molecule has 0 aliphatic rings. The predicted octanol–water partition coefficient (Wildman–Crippen LogP) is 4.08. The molecule has 0 bridgehead atoms. The zero-order valence-electron chi connectivity index (χ0n) is 15.1. The molecule has 2 aromatic carbocycles. The van der Waals surface area contributed by atoms with E-state index in [2.05, 4.69) is 10.3 Å². The minimum absolute atomic E-state index is 0.0297. The molecule has 4 rings (SSSR count). The maximum Gasteiger partial charge on any atom is 0.310 e. The SMILES string of the molecule is Cn1ccc2c(Nc3nc(=O)c(F)cn3Cc3cc(F)c(F)c(F)c3)cccc21. The van der Waals surface area contributed by atoms with Gasteiger partial charge >= 0.3 is 5.56 Å². The molecule has 0 fully saturated rings. The van der Waals surface area contributed by atoms with Crippen LogP contribution in [0.5, 0.6) is 0 Å². The number of aromatic nitrogens is 3. The first-order valence-electron chi connectivity index (χ1n) is 8.55. The summed E-state index contributed by atoms with van der Waals surface area (Å²) in [4.78, 5) is 15.4. The van der Waals surface area contributed by atoms with Crippen molar-refractivity contribution in [2.75, 3.05) is 5.32 Å². The minimum Gasteiger partial charge on any atom is -0.350 e. The molecule has 2 heterocycles. The Balaban J connectivity index is 1.77. The Labute approximate surface area is 161 Å². The van der Waals surface area contributed by atoms with Gasteiger partial charge in [-0.05, 0) is 35.9 Å². The average Bonchev–Trinajstić information content (AvgIpc) is 3.06. The lowest BCUT2D eigenvalue weighted by molar-refractivity contribution is 0.444. The molecule has 5 nitrogen and oxygen atoms in total. The Hall–Kier alpha value is -3.62. The molecule has 0 spiro atoms. The number of hydrogen-bond donors (Lipinski definition) is 1. The lowest BCUT2D eigenvalue weighted by atomic mass is 10.2. The fourth-order valence-corrected chi connectivity index (χ4v) is 3.12. The summed E-state index contributed by atoms with van der Waals surface area (Å²) < 4.78 is 57.2. The number of aryl methyl sites for hydroxylation is 1. The van der Waals surface area contributed by atoms with E-state index in [4.69, 9.17) is 0 Å². The normalized spacial score (nSPS) is 11.2. The van der Waals surface area contributed by atoms with Crippen LogP contribution in [-0.2, 0) is 13.6 Å². The first-order chi connectivity index (χ1) is 13.8. The molecule has 0 unspecified atom stereocenters. The monoisotopic (exact) mass is 402 g/mol. The molecule has 2 aromatic heterocycles. The predicted molar refractivity (Wildman–Crippen MR) is 100 cm³/mol. The second kappa shape index (κ2) is 7.08. The van der Waals surface area contributed by atoms with Crippen molar-refractivity contribution < 1.29 is 17.6 Å². The van der Waals surface area contributed by atoms with Crippen molar-refractivity contribution in [1.29, 1.82) is 0 Å². The molecule has 0 saturated heterocycles. The van der Waals surface area contributed by atoms with Crippen LogP contribution in [-0.4, -0.2) is 14.1 Å². The highest BCUT2D eigenvalue weighted by Crippen LogP contribution is 2.26. The largest absolute Gasteiger partial charge is 0.350 e. The van der Waals surface area contributed by atoms with Crippen LogP contribution in [0.1, 0.15) is 5.56 Å². The van der Waals surface area contributed by atoms with Crippen molar-refractivity contribution in [1.82, 2.24) is 14.1 Å². The third-order valence-electron chi connectivity index (χ3n) is 4.52. The third-order valence-corrected chi connectivity index (χ3v) is 4.52. The Morgan fingerprint density at radius 3 is 2.48 bits per heavy atom. The third kappa shape index (κ3) is 3.46. The zero-order valence-corrected chi connectivity index (χ0v) is 15.1. The fourth-order valence-electron chi connectivity index (χ4n) is 3.12. The van der Waals surface area contributed by atoms with E-state index in [0.29, 0.717) is 5.69 Å². The van der Waals surface area contributed by atoms with Crippen LogP contribution in [0.2, 0.25) is 0 Å². The van der Waals surface area contributed by atoms with Crippen molar-refractivity contribution in [3.05, 3.63) is 88.0 Å². The number of nitrogens with one attached hydrogen (secondary N) is 1. The van der Waals surface area contributed by atoms with Crippen LogP contribution in [0.25, 0.3) is 10.9 Å². The van der Waals surface area contributed by atoms with E-state index < -0.39 is 28.8 Å². The van der Waals surface area contributed by atoms with E-state index in [1.165, 1.54) is 4.57 Å². The van der Waals surface area contributed by atoms with Crippen LogP contribution in [0.15, 0.2) is 53.6 Å². The first-order valence-corrected chi connectivity index (χ1v) is 8.55. The number of nitrogens with zero attached hydrogens (tertiary/aromatic N) is 3. The van der Waals surface area contributed by atoms with Gasteiger partial charge in [0.1, 0.15) is 0 Å². The first kappa shape index (κ1) is 18.7. The van der Waals surface area contributed by atoms with Crippen LogP contribution in [0.4, 0.5) is 29.2 Å². The summed E-state index contributed by atoms with van der Waals surface area (Å²) >= 11 is 0. The van der Waals surface area contributed by atoms with Gasteiger partial charge in [0.15, 0.2) is 17.5 Å². The molecule has 1 N–H and O–H groups in total. The smallest absolute Gasteiger partial charge is 0.310 e. The van der Waals surface area contributed by atoms with Crippen molar-refractivity contribution in [2.24, 2.45) is 7.05 Å². The molecule has 9 heteroatoms. The van der Waals surface area contributed by atoms with Crippen molar-refractivity contribution in [2.45, 2.75) is 6.54 Å². The molecule has 0 aliphatic heterocycles. The van der Waals surface area contributed by atoms with Gasteiger partial charge in [-0.15, -0.1) is 0 Å². The molecular weight excluding hydrogens is 388 g/mol.